The van der Waals surface area contributed by atoms with Crippen LogP contribution in [0.5, 0.6) is 0 Å². The third-order valence-corrected chi connectivity index (χ3v) is 5.60. The van der Waals surface area contributed by atoms with E-state index in [0.29, 0.717) is 47.5 Å². The molecule has 1 heterocycles. The number of halogens is 3. The molecule has 0 saturated heterocycles. The number of rotatable bonds is 9. The van der Waals surface area contributed by atoms with E-state index < -0.39 is 29.0 Å². The van der Waals surface area contributed by atoms with Gasteiger partial charge in [-0.15, -0.1) is 0 Å². The molecule has 0 aliphatic carbocycles. The van der Waals surface area contributed by atoms with E-state index in [0.717, 1.165) is 11.0 Å². The fourth-order valence-electron chi connectivity index (χ4n) is 3.43. The number of aromatic nitrogens is 2. The molecule has 2 amide bonds. The van der Waals surface area contributed by atoms with E-state index in [2.05, 4.69) is 10.3 Å². The Morgan fingerprint density at radius 1 is 1.06 bits per heavy atom. The molecular formula is C23H23F3N4O3S. The summed E-state index contributed by atoms with van der Waals surface area (Å²) in [4.78, 5) is 41.1. The van der Waals surface area contributed by atoms with Crippen molar-refractivity contribution in [3.63, 3.8) is 0 Å². The number of hydrogen-bond donors (Lipinski definition) is 2. The highest BCUT2D eigenvalue weighted by Crippen LogP contribution is 2.19. The van der Waals surface area contributed by atoms with Gasteiger partial charge in [0.15, 0.2) is 22.2 Å². The summed E-state index contributed by atoms with van der Waals surface area (Å²) < 4.78 is 41.7. The molecule has 7 nitrogen and oxygen atoms in total. The lowest BCUT2D eigenvalue weighted by Crippen LogP contribution is -2.35. The van der Waals surface area contributed by atoms with Crippen molar-refractivity contribution in [2.45, 2.75) is 32.2 Å². The number of aromatic amines is 1. The van der Waals surface area contributed by atoms with Crippen LogP contribution in [0.15, 0.2) is 41.2 Å². The fraction of sp³-hybridized carbons (Fsp3) is 0.304. The van der Waals surface area contributed by atoms with Gasteiger partial charge in [-0.3, -0.25) is 19.0 Å². The number of carbonyl (C=O) groups is 2. The maximum atomic E-state index is 13.7. The molecule has 3 aromatic rings. The van der Waals surface area contributed by atoms with E-state index in [1.807, 2.05) is 6.07 Å². The fourth-order valence-corrected chi connectivity index (χ4v) is 3.72. The minimum absolute atomic E-state index is 0.168. The number of nitrogens with one attached hydrogen (secondary N) is 2. The van der Waals surface area contributed by atoms with Crippen LogP contribution >= 0.6 is 12.2 Å². The van der Waals surface area contributed by atoms with E-state index in [4.69, 9.17) is 12.2 Å². The van der Waals surface area contributed by atoms with Gasteiger partial charge in [0.2, 0.25) is 11.8 Å². The third-order valence-electron chi connectivity index (χ3n) is 5.28. The lowest BCUT2D eigenvalue weighted by molar-refractivity contribution is -0.133. The highest BCUT2D eigenvalue weighted by atomic mass is 32.1. The average molecular weight is 493 g/mol. The topological polar surface area (TPSA) is 87.2 Å². The molecule has 3 rings (SSSR count). The summed E-state index contributed by atoms with van der Waals surface area (Å²) in [5.74, 6) is -5.61. The Hall–Kier alpha value is -3.47. The summed E-state index contributed by atoms with van der Waals surface area (Å²) in [6.45, 7) is 0.0319. The number of anilines is 1. The van der Waals surface area contributed by atoms with Crippen molar-refractivity contribution in [3.05, 3.63) is 69.0 Å². The van der Waals surface area contributed by atoms with Crippen molar-refractivity contribution in [3.8, 4) is 0 Å². The van der Waals surface area contributed by atoms with Crippen molar-refractivity contribution in [1.82, 2.24) is 14.5 Å². The second kappa shape index (κ2) is 11.1. The van der Waals surface area contributed by atoms with Crippen molar-refractivity contribution in [2.24, 2.45) is 0 Å². The zero-order valence-electron chi connectivity index (χ0n) is 18.4. The maximum Gasteiger partial charge on any atom is 0.262 e. The van der Waals surface area contributed by atoms with Gasteiger partial charge in [-0.2, -0.15) is 0 Å². The average Bonchev–Trinajstić information content (AvgIpc) is 2.80. The molecule has 0 atom stereocenters. The molecule has 1 aromatic heterocycles. The summed E-state index contributed by atoms with van der Waals surface area (Å²) in [5, 5.41) is 2.67. The standard InChI is InChI=1S/C23H23F3N4O3S/c1-29(13-18(31)27-17-11-10-15(24)20(25)21(17)26)19(32)9-3-2-6-12-30-22(33)14-7-4-5-8-16(14)28-23(30)34/h4-5,7-8,10-11H,2-3,6,9,12-13H2,1H3,(H,27,31)(H,28,34). The first-order valence-electron chi connectivity index (χ1n) is 10.6. The van der Waals surface area contributed by atoms with Crippen molar-refractivity contribution >= 4 is 40.6 Å². The number of unbranched alkanes of at least 4 members (excludes halogenated alkanes) is 2. The first kappa shape index (κ1) is 25.2. The minimum Gasteiger partial charge on any atom is -0.336 e. The predicted molar refractivity (Wildman–Crippen MR) is 124 cm³/mol. The number of nitrogens with zero attached hydrogens (tertiary/aromatic N) is 2. The highest BCUT2D eigenvalue weighted by Gasteiger charge is 2.17. The van der Waals surface area contributed by atoms with Gasteiger partial charge in [0.1, 0.15) is 0 Å². The van der Waals surface area contributed by atoms with Gasteiger partial charge in [-0.25, -0.2) is 13.2 Å². The Morgan fingerprint density at radius 3 is 2.56 bits per heavy atom. The van der Waals surface area contributed by atoms with Gasteiger partial charge in [0.25, 0.3) is 5.56 Å². The normalized spacial score (nSPS) is 10.9. The molecule has 0 aliphatic heterocycles. The van der Waals surface area contributed by atoms with Crippen molar-refractivity contribution < 1.29 is 22.8 Å². The van der Waals surface area contributed by atoms with Gasteiger partial charge < -0.3 is 15.2 Å². The molecule has 34 heavy (non-hydrogen) atoms. The SMILES string of the molecule is CN(CC(=O)Nc1ccc(F)c(F)c1F)C(=O)CCCCCn1c(=S)[nH]c2ccccc2c1=O. The summed E-state index contributed by atoms with van der Waals surface area (Å²) in [6.07, 6.45) is 1.98. The predicted octanol–water partition coefficient (Wildman–Crippen LogP) is 4.13. The maximum absolute atomic E-state index is 13.7. The molecule has 180 valence electrons. The third kappa shape index (κ3) is 5.90. The van der Waals surface area contributed by atoms with E-state index >= 15 is 0 Å². The van der Waals surface area contributed by atoms with Crippen LogP contribution in [0.1, 0.15) is 25.7 Å². The number of para-hydroxylation sites is 1. The van der Waals surface area contributed by atoms with E-state index in [-0.39, 0.29) is 24.4 Å². The molecule has 0 spiro atoms. The monoisotopic (exact) mass is 492 g/mol. The molecule has 0 radical (unpaired) electrons. The van der Waals surface area contributed by atoms with E-state index in [1.165, 1.54) is 11.6 Å². The Bertz CT molecular complexity index is 1340. The molecule has 11 heteroatoms. The zero-order chi connectivity index (χ0) is 24.8. The van der Waals surface area contributed by atoms with Crippen LogP contribution in [0, 0.1) is 22.2 Å². The first-order valence-corrected chi connectivity index (χ1v) is 11.0. The van der Waals surface area contributed by atoms with Gasteiger partial charge in [-0.05, 0) is 49.3 Å². The Labute approximate surface area is 198 Å². The number of hydrogen-bond acceptors (Lipinski definition) is 4. The smallest absolute Gasteiger partial charge is 0.262 e. The molecule has 0 saturated carbocycles. The van der Waals surface area contributed by atoms with Gasteiger partial charge >= 0.3 is 0 Å². The second-order valence-electron chi connectivity index (χ2n) is 7.76. The summed E-state index contributed by atoms with van der Waals surface area (Å²) >= 11 is 5.27. The lowest BCUT2D eigenvalue weighted by Gasteiger charge is -2.17. The number of carbonyl (C=O) groups excluding carboxylic acids is 2. The molecule has 0 fully saturated rings. The number of H-pyrrole nitrogens is 1. The Balaban J connectivity index is 1.44. The molecule has 0 aliphatic rings. The Morgan fingerprint density at radius 2 is 1.79 bits per heavy atom. The first-order chi connectivity index (χ1) is 16.2. The molecule has 0 bridgehead atoms. The molecule has 2 N–H and O–H groups in total. The Kier molecular flexibility index (Phi) is 8.21. The molecule has 2 aromatic carbocycles. The van der Waals surface area contributed by atoms with Crippen LogP contribution in [-0.4, -0.2) is 39.9 Å². The van der Waals surface area contributed by atoms with Gasteiger partial charge in [0, 0.05) is 20.0 Å². The van der Waals surface area contributed by atoms with Gasteiger partial charge in [0.05, 0.1) is 23.1 Å². The van der Waals surface area contributed by atoms with Crippen molar-refractivity contribution in [2.75, 3.05) is 18.9 Å². The lowest BCUT2D eigenvalue weighted by atomic mass is 10.1. The van der Waals surface area contributed by atoms with Crippen molar-refractivity contribution in [1.29, 1.82) is 0 Å². The van der Waals surface area contributed by atoms with Crippen LogP contribution < -0.4 is 10.9 Å². The molecule has 0 unspecified atom stereocenters. The quantitative estimate of drug-likeness (QED) is 0.267. The second-order valence-corrected chi connectivity index (χ2v) is 8.15. The highest BCUT2D eigenvalue weighted by molar-refractivity contribution is 7.71. The van der Waals surface area contributed by atoms with Crippen LogP contribution in [0.3, 0.4) is 0 Å². The minimum atomic E-state index is -1.69. The number of fused-ring (bicyclic) bond motifs is 1. The number of amides is 2. The number of benzene rings is 2. The summed E-state index contributed by atoms with van der Waals surface area (Å²) in [5.41, 5.74) is 0.00408. The van der Waals surface area contributed by atoms with Gasteiger partial charge in [-0.1, -0.05) is 18.6 Å². The van der Waals surface area contributed by atoms with Crippen LogP contribution in [0.4, 0.5) is 18.9 Å². The van der Waals surface area contributed by atoms with Crippen LogP contribution in [0.25, 0.3) is 10.9 Å². The van der Waals surface area contributed by atoms with E-state index in [9.17, 15) is 27.6 Å². The summed E-state index contributed by atoms with van der Waals surface area (Å²) in [7, 11) is 1.41. The summed E-state index contributed by atoms with van der Waals surface area (Å²) in [6, 6.07) is 8.71. The van der Waals surface area contributed by atoms with E-state index in [1.54, 1.807) is 18.2 Å². The molecular weight excluding hydrogens is 469 g/mol. The van der Waals surface area contributed by atoms with Crippen LogP contribution in [0.2, 0.25) is 0 Å². The van der Waals surface area contributed by atoms with Crippen LogP contribution in [-0.2, 0) is 16.1 Å². The largest absolute Gasteiger partial charge is 0.336 e. The zero-order valence-corrected chi connectivity index (χ0v) is 19.2. The number of likely N-dealkylation sites (N-methyl/N-ethyl adjacent to an activating group) is 1.